The van der Waals surface area contributed by atoms with Gasteiger partial charge >= 0.3 is 23.5 Å². The van der Waals surface area contributed by atoms with Crippen LogP contribution in [0, 0.1) is 0 Å². The minimum Gasteiger partial charge on any atom is -0.387 e. The normalized spacial score (nSPS) is 30.3. The zero-order chi connectivity index (χ0) is 35.2. The second-order valence-electron chi connectivity index (χ2n) is 10.3. The Hall–Kier alpha value is -2.86. The van der Waals surface area contributed by atoms with E-state index in [-0.39, 0.29) is 22.5 Å². The van der Waals surface area contributed by atoms with Gasteiger partial charge in [0, 0.05) is 6.07 Å². The Bertz CT molecular complexity index is 1810. The lowest BCUT2D eigenvalue weighted by atomic mass is 10.1. The van der Waals surface area contributed by atoms with E-state index in [9.17, 15) is 53.4 Å². The first-order valence-corrected chi connectivity index (χ1v) is 17.9. The molecule has 0 aliphatic carbocycles. The molecule has 48 heavy (non-hydrogen) atoms. The van der Waals surface area contributed by atoms with E-state index in [0.717, 1.165) is 17.2 Å². The Morgan fingerprint density at radius 1 is 0.958 bits per heavy atom. The third-order valence-electron chi connectivity index (χ3n) is 6.98. The highest BCUT2D eigenvalue weighted by molar-refractivity contribution is 7.61. The lowest BCUT2D eigenvalue weighted by Gasteiger charge is -2.22. The number of pyridine rings is 1. The number of nitrogens with zero attached hydrogens (tertiary/aromatic N) is 5. The third-order valence-corrected chi connectivity index (χ3v) is 10.1. The van der Waals surface area contributed by atoms with Crippen LogP contribution in [0.5, 0.6) is 0 Å². The highest BCUT2D eigenvalue weighted by Crippen LogP contribution is 2.61. The van der Waals surface area contributed by atoms with E-state index in [4.69, 9.17) is 25.5 Å². The van der Waals surface area contributed by atoms with Crippen LogP contribution in [0.15, 0.2) is 37.2 Å². The molecular formula is C21H29N7O17P3+. The number of phosphoric ester groups is 3. The van der Waals surface area contributed by atoms with Crippen molar-refractivity contribution in [1.82, 2.24) is 19.5 Å². The lowest BCUT2D eigenvalue weighted by molar-refractivity contribution is -0.765. The van der Waals surface area contributed by atoms with Crippen LogP contribution in [0.2, 0.25) is 0 Å². The Morgan fingerprint density at radius 2 is 1.62 bits per heavy atom. The van der Waals surface area contributed by atoms with Gasteiger partial charge in [-0.15, -0.1) is 0 Å². The summed E-state index contributed by atoms with van der Waals surface area (Å²) in [6, 6.07) is 2.79. The fourth-order valence-corrected chi connectivity index (χ4v) is 7.52. The molecule has 3 aromatic rings. The molecule has 10 unspecified atom stereocenters. The fourth-order valence-electron chi connectivity index (χ4n) is 4.85. The van der Waals surface area contributed by atoms with Crippen molar-refractivity contribution in [2.75, 3.05) is 18.9 Å². The Balaban J connectivity index is 1.22. The summed E-state index contributed by atoms with van der Waals surface area (Å²) < 4.78 is 68.4. The molecule has 264 valence electrons. The van der Waals surface area contributed by atoms with Crippen LogP contribution in [-0.4, -0.2) is 110 Å². The number of nitrogen functional groups attached to an aromatic ring is 1. The van der Waals surface area contributed by atoms with Gasteiger partial charge in [0.05, 0.1) is 19.5 Å². The number of carbonyl (C=O) groups excluding carboxylic acids is 1. The van der Waals surface area contributed by atoms with E-state index in [2.05, 4.69) is 28.3 Å². The number of aliphatic hydroxyl groups is 3. The molecule has 5 heterocycles. The molecule has 27 heteroatoms. The minimum absolute atomic E-state index is 0.0329. The van der Waals surface area contributed by atoms with Crippen molar-refractivity contribution in [3.63, 3.8) is 0 Å². The quantitative estimate of drug-likeness (QED) is 0.0626. The smallest absolute Gasteiger partial charge is 0.387 e. The Kier molecular flexibility index (Phi) is 10.5. The largest absolute Gasteiger partial charge is 0.481 e. The summed E-state index contributed by atoms with van der Waals surface area (Å²) in [6.07, 6.45) is -8.38. The number of primary amides is 1. The number of hydrogen-bond acceptors (Lipinski definition) is 17. The number of aliphatic hydroxyl groups excluding tert-OH is 3. The average Bonchev–Trinajstić information content (AvgIpc) is 3.64. The monoisotopic (exact) mass is 744 g/mol. The number of fused-ring (bicyclic) bond motifs is 1. The molecule has 0 spiro atoms. The van der Waals surface area contributed by atoms with Gasteiger partial charge in [0.25, 0.3) is 12.1 Å². The number of phosphoric acid groups is 3. The number of nitrogens with two attached hydrogens (primary N) is 2. The third kappa shape index (κ3) is 8.12. The van der Waals surface area contributed by atoms with E-state index in [1.54, 1.807) is 0 Å². The maximum absolute atomic E-state index is 12.6. The molecule has 0 saturated carbocycles. The number of rotatable bonds is 13. The number of amides is 1. The first-order chi connectivity index (χ1) is 22.4. The van der Waals surface area contributed by atoms with E-state index in [1.165, 1.54) is 29.1 Å². The van der Waals surface area contributed by atoms with Crippen LogP contribution in [-0.2, 0) is 41.1 Å². The van der Waals surface area contributed by atoms with Crippen LogP contribution >= 0.6 is 23.5 Å². The summed E-state index contributed by atoms with van der Waals surface area (Å²) in [4.78, 5) is 62.2. The molecule has 5 rings (SSSR count). The van der Waals surface area contributed by atoms with E-state index in [1.807, 2.05) is 0 Å². The zero-order valence-corrected chi connectivity index (χ0v) is 26.6. The maximum Gasteiger partial charge on any atom is 0.481 e. The van der Waals surface area contributed by atoms with Gasteiger partial charge in [0.2, 0.25) is 0 Å². The van der Waals surface area contributed by atoms with Crippen LogP contribution in [0.1, 0.15) is 22.8 Å². The van der Waals surface area contributed by atoms with Gasteiger partial charge in [-0.2, -0.15) is 8.88 Å². The van der Waals surface area contributed by atoms with Gasteiger partial charge in [0.1, 0.15) is 47.9 Å². The van der Waals surface area contributed by atoms with Gasteiger partial charge in [-0.3, -0.25) is 22.9 Å². The Labute approximate surface area is 267 Å². The van der Waals surface area contributed by atoms with Gasteiger partial charge in [-0.1, -0.05) is 0 Å². The molecule has 11 N–H and O–H groups in total. The van der Waals surface area contributed by atoms with Crippen LogP contribution < -0.4 is 16.0 Å². The zero-order valence-electron chi connectivity index (χ0n) is 23.9. The second kappa shape index (κ2) is 13.8. The van der Waals surface area contributed by atoms with Gasteiger partial charge < -0.3 is 55.8 Å². The molecule has 2 aliphatic heterocycles. The molecule has 3 aromatic heterocycles. The minimum atomic E-state index is -5.56. The molecule has 0 radical (unpaired) electrons. The summed E-state index contributed by atoms with van der Waals surface area (Å²) in [5.74, 6) is -0.832. The molecule has 2 saturated heterocycles. The molecule has 0 bridgehead atoms. The number of carbonyl (C=O) groups is 1. The first kappa shape index (κ1) is 36.4. The van der Waals surface area contributed by atoms with Crippen molar-refractivity contribution in [3.05, 3.63) is 42.7 Å². The summed E-state index contributed by atoms with van der Waals surface area (Å²) in [5.41, 5.74) is 11.2. The first-order valence-electron chi connectivity index (χ1n) is 13.3. The predicted octanol–water partition coefficient (Wildman–Crippen LogP) is -2.90. The number of anilines is 1. The number of aromatic nitrogens is 5. The van der Waals surface area contributed by atoms with Crippen molar-refractivity contribution in [2.45, 2.75) is 49.1 Å². The SMILES string of the molecule is NC(=O)c1ccc[n+](C2OC(COP(=O)(O)OP(=O)(O)OCC3OC(n4cnc5c(N)ncnc54)C(O)C3OP(=O)(O)O)C(O)C2O)c1. The highest BCUT2D eigenvalue weighted by atomic mass is 31.3. The molecule has 2 fully saturated rings. The van der Waals surface area contributed by atoms with Crippen molar-refractivity contribution < 1.29 is 85.3 Å². The van der Waals surface area contributed by atoms with Gasteiger partial charge in [0.15, 0.2) is 36.2 Å². The number of ether oxygens (including phenoxy) is 2. The number of hydrogen-bond donors (Lipinski definition) is 9. The van der Waals surface area contributed by atoms with Crippen molar-refractivity contribution in [1.29, 1.82) is 0 Å². The van der Waals surface area contributed by atoms with Crippen molar-refractivity contribution in [3.8, 4) is 0 Å². The summed E-state index contributed by atoms with van der Waals surface area (Å²) in [5, 5.41) is 31.6. The molecular weight excluding hydrogens is 715 g/mol. The topological polar surface area (TPSA) is 365 Å². The maximum atomic E-state index is 12.6. The van der Waals surface area contributed by atoms with Gasteiger partial charge in [-0.05, 0) is 6.07 Å². The molecule has 0 aromatic carbocycles. The summed E-state index contributed by atoms with van der Waals surface area (Å²) in [7, 11) is -16.4. The Morgan fingerprint density at radius 3 is 2.27 bits per heavy atom. The molecule has 10 atom stereocenters. The van der Waals surface area contributed by atoms with Crippen molar-refractivity contribution in [2.24, 2.45) is 5.73 Å². The van der Waals surface area contributed by atoms with Crippen molar-refractivity contribution >= 4 is 46.4 Å². The molecule has 2 aliphatic rings. The molecule has 1 amide bonds. The van der Waals surface area contributed by atoms with Gasteiger partial charge in [-0.25, -0.2) is 28.6 Å². The molecule has 24 nitrogen and oxygen atoms in total. The van der Waals surface area contributed by atoms with E-state index >= 15 is 0 Å². The van der Waals surface area contributed by atoms with Crippen LogP contribution in [0.4, 0.5) is 5.82 Å². The van der Waals surface area contributed by atoms with Crippen LogP contribution in [0.3, 0.4) is 0 Å². The van der Waals surface area contributed by atoms with E-state index < -0.39 is 91.7 Å². The summed E-state index contributed by atoms with van der Waals surface area (Å²) >= 11 is 0. The standard InChI is InChI=1S/C21H28N7O17P3/c22-17-12-19(25-7-24-17)28(8-26-12)21-15(31)16(44-46(33,34)35)11(43-21)6-41-48(38,39)45-47(36,37)40-5-10-13(29)14(30)20(42-10)27-3-1-2-9(4-27)18(23)32/h1-4,7-8,10-11,13-16,20-21,29-31H,5-6H2,(H7-,22,23,24,25,32,33,34,35,36,37,38,39)/p+1. The van der Waals surface area contributed by atoms with E-state index in [0.29, 0.717) is 0 Å². The second-order valence-corrected chi connectivity index (χ2v) is 14.5. The summed E-state index contributed by atoms with van der Waals surface area (Å²) in [6.45, 7) is -2.08. The number of imidazole rings is 1. The fraction of sp³-hybridized carbons (Fsp3) is 0.476. The van der Waals surface area contributed by atoms with Crippen LogP contribution in [0.25, 0.3) is 11.2 Å². The predicted molar refractivity (Wildman–Crippen MR) is 150 cm³/mol. The lowest BCUT2D eigenvalue weighted by Crippen LogP contribution is -2.46. The highest BCUT2D eigenvalue weighted by Gasteiger charge is 2.51. The average molecular weight is 744 g/mol.